The molecule has 1 aliphatic carbocycles. The molecule has 6 heteroatoms. The number of fused-ring (bicyclic) bond motifs is 2. The molecule has 1 unspecified atom stereocenters. The molecule has 5 rings (SSSR count). The lowest BCUT2D eigenvalue weighted by Crippen LogP contribution is -2.29. The standard InChI is InChI=1S/C28H27N3O3/c1-30(2)17-18-7-8-21-16-22(12-9-20(21)15-18)29-26(32)19-10-13-23(14-11-19)31-27(33)24-5-3-4-6-25(24)28(31)34/h3-6,9-14,16,18H,7-8,15,17H2,1-2H3,(H,29,32). The molecule has 2 aliphatic rings. The second-order valence-corrected chi connectivity index (χ2v) is 9.35. The average molecular weight is 454 g/mol. The van der Waals surface area contributed by atoms with Crippen molar-refractivity contribution in [3.05, 3.63) is 94.5 Å². The topological polar surface area (TPSA) is 69.7 Å². The first-order valence-electron chi connectivity index (χ1n) is 11.6. The van der Waals surface area contributed by atoms with Crippen LogP contribution in [0.3, 0.4) is 0 Å². The van der Waals surface area contributed by atoms with Crippen molar-refractivity contribution in [1.29, 1.82) is 0 Å². The zero-order valence-corrected chi connectivity index (χ0v) is 19.4. The van der Waals surface area contributed by atoms with E-state index in [0.29, 0.717) is 28.3 Å². The second-order valence-electron chi connectivity index (χ2n) is 9.35. The van der Waals surface area contributed by atoms with Crippen molar-refractivity contribution in [1.82, 2.24) is 4.90 Å². The van der Waals surface area contributed by atoms with Crippen molar-refractivity contribution in [3.63, 3.8) is 0 Å². The molecule has 0 saturated carbocycles. The highest BCUT2D eigenvalue weighted by atomic mass is 16.2. The predicted molar refractivity (Wildman–Crippen MR) is 132 cm³/mol. The third kappa shape index (κ3) is 4.13. The Labute approximate surface area is 199 Å². The summed E-state index contributed by atoms with van der Waals surface area (Å²) in [5, 5.41) is 2.98. The van der Waals surface area contributed by atoms with Gasteiger partial charge in [0.15, 0.2) is 0 Å². The minimum absolute atomic E-state index is 0.227. The van der Waals surface area contributed by atoms with Gasteiger partial charge in [-0.05, 0) is 98.9 Å². The molecule has 3 aromatic carbocycles. The maximum Gasteiger partial charge on any atom is 0.266 e. The number of nitrogens with zero attached hydrogens (tertiary/aromatic N) is 2. The Balaban J connectivity index is 1.27. The van der Waals surface area contributed by atoms with Crippen LogP contribution >= 0.6 is 0 Å². The lowest BCUT2D eigenvalue weighted by atomic mass is 9.83. The van der Waals surface area contributed by atoms with Gasteiger partial charge in [0, 0.05) is 17.8 Å². The van der Waals surface area contributed by atoms with Gasteiger partial charge in [0.1, 0.15) is 0 Å². The van der Waals surface area contributed by atoms with Crippen LogP contribution in [-0.4, -0.2) is 43.3 Å². The molecule has 0 radical (unpaired) electrons. The molecule has 1 N–H and O–H groups in total. The SMILES string of the molecule is CN(C)CC1CCc2cc(NC(=O)c3ccc(N4C(=O)c5ccccc5C4=O)cc3)ccc2C1. The Morgan fingerprint density at radius 2 is 1.62 bits per heavy atom. The first kappa shape index (κ1) is 22.0. The van der Waals surface area contributed by atoms with Crippen molar-refractivity contribution >= 4 is 29.1 Å². The summed E-state index contributed by atoms with van der Waals surface area (Å²) in [6, 6.07) is 19.5. The summed E-state index contributed by atoms with van der Waals surface area (Å²) in [6.45, 7) is 1.09. The third-order valence-corrected chi connectivity index (χ3v) is 6.60. The lowest BCUT2D eigenvalue weighted by Gasteiger charge is -2.27. The van der Waals surface area contributed by atoms with Crippen LogP contribution in [0.2, 0.25) is 0 Å². The molecule has 3 amide bonds. The van der Waals surface area contributed by atoms with E-state index in [0.717, 1.165) is 36.4 Å². The van der Waals surface area contributed by atoms with Gasteiger partial charge in [-0.1, -0.05) is 18.2 Å². The number of benzene rings is 3. The van der Waals surface area contributed by atoms with Crippen LogP contribution in [0.4, 0.5) is 11.4 Å². The number of anilines is 2. The Bertz CT molecular complexity index is 1250. The molecule has 1 aliphatic heterocycles. The largest absolute Gasteiger partial charge is 0.322 e. The van der Waals surface area contributed by atoms with E-state index in [1.165, 1.54) is 11.1 Å². The summed E-state index contributed by atoms with van der Waals surface area (Å²) in [7, 11) is 4.22. The van der Waals surface area contributed by atoms with Gasteiger partial charge < -0.3 is 10.2 Å². The molecule has 0 saturated heterocycles. The van der Waals surface area contributed by atoms with Crippen LogP contribution in [-0.2, 0) is 12.8 Å². The molecular formula is C28H27N3O3. The fourth-order valence-corrected chi connectivity index (χ4v) is 4.97. The smallest absolute Gasteiger partial charge is 0.266 e. The van der Waals surface area contributed by atoms with Crippen molar-refractivity contribution in [2.24, 2.45) is 5.92 Å². The van der Waals surface area contributed by atoms with E-state index in [9.17, 15) is 14.4 Å². The van der Waals surface area contributed by atoms with E-state index in [-0.39, 0.29) is 17.7 Å². The van der Waals surface area contributed by atoms with Crippen molar-refractivity contribution in [3.8, 4) is 0 Å². The van der Waals surface area contributed by atoms with Crippen LogP contribution in [0.1, 0.15) is 48.6 Å². The Morgan fingerprint density at radius 1 is 0.941 bits per heavy atom. The van der Waals surface area contributed by atoms with E-state index < -0.39 is 0 Å². The van der Waals surface area contributed by atoms with Gasteiger partial charge in [0.2, 0.25) is 0 Å². The summed E-state index contributed by atoms with van der Waals surface area (Å²) in [5.41, 5.74) is 5.15. The maximum absolute atomic E-state index is 12.8. The van der Waals surface area contributed by atoms with E-state index in [1.54, 1.807) is 48.5 Å². The molecule has 1 heterocycles. The zero-order valence-electron chi connectivity index (χ0n) is 19.4. The highest BCUT2D eigenvalue weighted by molar-refractivity contribution is 6.34. The average Bonchev–Trinajstić information content (AvgIpc) is 3.09. The van der Waals surface area contributed by atoms with Gasteiger partial charge in [0.25, 0.3) is 17.7 Å². The molecule has 1 atom stereocenters. The number of rotatable bonds is 5. The van der Waals surface area contributed by atoms with E-state index in [4.69, 9.17) is 0 Å². The highest BCUT2D eigenvalue weighted by Crippen LogP contribution is 2.30. The molecular weight excluding hydrogens is 426 g/mol. The molecule has 6 nitrogen and oxygen atoms in total. The van der Waals surface area contributed by atoms with Gasteiger partial charge in [-0.2, -0.15) is 0 Å². The summed E-state index contributed by atoms with van der Waals surface area (Å²) >= 11 is 0. The van der Waals surface area contributed by atoms with Crippen molar-refractivity contribution in [2.75, 3.05) is 30.9 Å². The number of amides is 3. The summed E-state index contributed by atoms with van der Waals surface area (Å²) < 4.78 is 0. The Hall–Kier alpha value is -3.77. The molecule has 3 aromatic rings. The normalized spacial score (nSPS) is 17.0. The predicted octanol–water partition coefficient (Wildman–Crippen LogP) is 4.41. The summed E-state index contributed by atoms with van der Waals surface area (Å²) in [5.74, 6) is -0.252. The second kappa shape index (κ2) is 8.88. The molecule has 34 heavy (non-hydrogen) atoms. The summed E-state index contributed by atoms with van der Waals surface area (Å²) in [4.78, 5) is 41.6. The number of nitrogens with one attached hydrogen (secondary N) is 1. The van der Waals surface area contributed by atoms with E-state index in [1.807, 2.05) is 6.07 Å². The zero-order chi connectivity index (χ0) is 23.8. The molecule has 172 valence electrons. The Kier molecular flexibility index (Phi) is 5.75. The van der Waals surface area contributed by atoms with Gasteiger partial charge in [-0.15, -0.1) is 0 Å². The highest BCUT2D eigenvalue weighted by Gasteiger charge is 2.36. The molecule has 0 bridgehead atoms. The molecule has 0 aromatic heterocycles. The first-order chi connectivity index (χ1) is 16.4. The van der Waals surface area contributed by atoms with Crippen LogP contribution in [0, 0.1) is 5.92 Å². The molecule has 0 spiro atoms. The van der Waals surface area contributed by atoms with Crippen molar-refractivity contribution < 1.29 is 14.4 Å². The summed E-state index contributed by atoms with van der Waals surface area (Å²) in [6.07, 6.45) is 3.25. The fourth-order valence-electron chi connectivity index (χ4n) is 4.97. The first-order valence-corrected chi connectivity index (χ1v) is 11.6. The number of carbonyl (C=O) groups is 3. The van der Waals surface area contributed by atoms with Gasteiger partial charge in [-0.25, -0.2) is 4.90 Å². The minimum atomic E-state index is -0.348. The van der Waals surface area contributed by atoms with Crippen LogP contribution < -0.4 is 10.2 Å². The number of aryl methyl sites for hydroxylation is 1. The van der Waals surface area contributed by atoms with Crippen molar-refractivity contribution in [2.45, 2.75) is 19.3 Å². The lowest BCUT2D eigenvalue weighted by molar-refractivity contribution is 0.0925. The Morgan fingerprint density at radius 3 is 2.26 bits per heavy atom. The number of imide groups is 1. The maximum atomic E-state index is 12.8. The van der Waals surface area contributed by atoms with Crippen LogP contribution in [0.15, 0.2) is 66.7 Å². The van der Waals surface area contributed by atoms with Gasteiger partial charge in [0.05, 0.1) is 16.8 Å². The van der Waals surface area contributed by atoms with Crippen LogP contribution in [0.5, 0.6) is 0 Å². The monoisotopic (exact) mass is 453 g/mol. The number of hydrogen-bond donors (Lipinski definition) is 1. The number of carbonyl (C=O) groups excluding carboxylic acids is 3. The van der Waals surface area contributed by atoms with E-state index in [2.05, 4.69) is 36.4 Å². The quantitative estimate of drug-likeness (QED) is 0.581. The minimum Gasteiger partial charge on any atom is -0.322 e. The van der Waals surface area contributed by atoms with Gasteiger partial charge in [-0.3, -0.25) is 14.4 Å². The van der Waals surface area contributed by atoms with Crippen LogP contribution in [0.25, 0.3) is 0 Å². The number of hydrogen-bond acceptors (Lipinski definition) is 4. The fraction of sp³-hybridized carbons (Fsp3) is 0.250. The van der Waals surface area contributed by atoms with Gasteiger partial charge >= 0.3 is 0 Å². The third-order valence-electron chi connectivity index (χ3n) is 6.60. The molecule has 0 fully saturated rings. The van der Waals surface area contributed by atoms with E-state index >= 15 is 0 Å².